The van der Waals surface area contributed by atoms with Crippen LogP contribution in [0, 0.1) is 6.92 Å². The van der Waals surface area contributed by atoms with E-state index >= 15 is 0 Å². The molecule has 5 rings (SSSR count). The van der Waals surface area contributed by atoms with Gasteiger partial charge in [0.15, 0.2) is 0 Å². The second kappa shape index (κ2) is 8.12. The zero-order valence-corrected chi connectivity index (χ0v) is 18.3. The van der Waals surface area contributed by atoms with E-state index < -0.39 is 5.57 Å². The third kappa shape index (κ3) is 4.66. The van der Waals surface area contributed by atoms with Crippen molar-refractivity contribution in [1.82, 2.24) is 14.5 Å². The number of benzene rings is 2. The first-order chi connectivity index (χ1) is 15.8. The van der Waals surface area contributed by atoms with E-state index in [1.807, 2.05) is 25.4 Å². The van der Waals surface area contributed by atoms with Gasteiger partial charge in [-0.15, -0.1) is 8.78 Å². The quantitative estimate of drug-likeness (QED) is 0.344. The van der Waals surface area contributed by atoms with Gasteiger partial charge in [-0.05, 0) is 67.8 Å². The van der Waals surface area contributed by atoms with Gasteiger partial charge in [0.2, 0.25) is 0 Å². The molecule has 2 aromatic carbocycles. The van der Waals surface area contributed by atoms with E-state index in [2.05, 4.69) is 24.6 Å². The predicted molar refractivity (Wildman–Crippen MR) is 122 cm³/mol. The van der Waals surface area contributed by atoms with Crippen LogP contribution in [0.15, 0.2) is 61.2 Å². The molecule has 0 bridgehead atoms. The number of carbonyl (C=O) groups is 1. The average molecular weight is 469 g/mol. The van der Waals surface area contributed by atoms with Gasteiger partial charge in [0.05, 0.1) is 17.4 Å². The molecule has 1 saturated carbocycles. The minimum Gasteiger partial charge on any atom is -0.420 e. The summed E-state index contributed by atoms with van der Waals surface area (Å²) >= 11 is 4.78. The summed E-state index contributed by atoms with van der Waals surface area (Å²) in [6.07, 6.45) is 7.59. The van der Waals surface area contributed by atoms with Gasteiger partial charge >= 0.3 is 5.57 Å². The Morgan fingerprint density at radius 1 is 1.18 bits per heavy atom. The van der Waals surface area contributed by atoms with Gasteiger partial charge in [-0.3, -0.25) is 9.78 Å². The van der Waals surface area contributed by atoms with Crippen molar-refractivity contribution >= 4 is 34.2 Å². The maximum absolute atomic E-state index is 13.0. The van der Waals surface area contributed by atoms with Crippen LogP contribution in [0.3, 0.4) is 0 Å². The number of imidazole rings is 1. The van der Waals surface area contributed by atoms with Crippen molar-refractivity contribution in [3.8, 4) is 16.9 Å². The van der Waals surface area contributed by atoms with E-state index in [0.717, 1.165) is 40.6 Å². The minimum absolute atomic E-state index is 0.116. The van der Waals surface area contributed by atoms with Crippen molar-refractivity contribution in [3.63, 3.8) is 0 Å². The van der Waals surface area contributed by atoms with E-state index in [-0.39, 0.29) is 11.7 Å². The Kier molecular flexibility index (Phi) is 5.25. The van der Waals surface area contributed by atoms with Crippen molar-refractivity contribution in [2.24, 2.45) is 0 Å². The van der Waals surface area contributed by atoms with Crippen LogP contribution in [0.25, 0.3) is 22.2 Å². The maximum atomic E-state index is 13.0. The Hall–Kier alpha value is -3.52. The van der Waals surface area contributed by atoms with Gasteiger partial charge in [0.1, 0.15) is 5.75 Å². The molecule has 1 amide bonds. The van der Waals surface area contributed by atoms with Crippen LogP contribution in [0.4, 0.5) is 14.5 Å². The molecule has 4 aromatic rings. The second-order valence-electron chi connectivity index (χ2n) is 8.05. The smallest absolute Gasteiger partial charge is 0.420 e. The molecule has 168 valence electrons. The van der Waals surface area contributed by atoms with E-state index in [4.69, 9.17) is 11.6 Å². The van der Waals surface area contributed by atoms with Gasteiger partial charge in [0, 0.05) is 52.4 Å². The standard InChI is InChI=1S/C24H19ClF2N4O2/c1-14-8-16(12-28-11-14)20-9-15(10-21-22(20)31(13-29-21)18-4-5-18)23(32)30-17-2-6-19(7-3-17)33-24(25,26)27/h2-3,6-13,18H,4-5H2,1H3,(H,30,32). The third-order valence-electron chi connectivity index (χ3n) is 5.40. The summed E-state index contributed by atoms with van der Waals surface area (Å²) in [6.45, 7) is 1.97. The Labute approximate surface area is 193 Å². The fourth-order valence-corrected chi connectivity index (χ4v) is 3.89. The number of halogens is 3. The van der Waals surface area contributed by atoms with Gasteiger partial charge in [0.25, 0.3) is 5.91 Å². The number of nitrogens with zero attached hydrogens (tertiary/aromatic N) is 3. The Morgan fingerprint density at radius 2 is 1.94 bits per heavy atom. The zero-order chi connectivity index (χ0) is 23.2. The van der Waals surface area contributed by atoms with Gasteiger partial charge in [-0.2, -0.15) is 0 Å². The summed E-state index contributed by atoms with van der Waals surface area (Å²) < 4.78 is 32.0. The normalized spacial score (nSPS) is 13.8. The van der Waals surface area contributed by atoms with Crippen LogP contribution in [-0.4, -0.2) is 26.0 Å². The van der Waals surface area contributed by atoms with Crippen LogP contribution < -0.4 is 10.1 Å². The number of aryl methyl sites for hydroxylation is 1. The van der Waals surface area contributed by atoms with Gasteiger partial charge in [-0.25, -0.2) is 4.98 Å². The molecule has 1 aliphatic carbocycles. The summed E-state index contributed by atoms with van der Waals surface area (Å²) in [5.74, 6) is -0.467. The topological polar surface area (TPSA) is 69.0 Å². The molecule has 33 heavy (non-hydrogen) atoms. The summed E-state index contributed by atoms with van der Waals surface area (Å²) in [4.78, 5) is 21.9. The molecule has 0 atom stereocenters. The summed E-state index contributed by atoms with van der Waals surface area (Å²) in [6, 6.07) is 11.6. The Bertz CT molecular complexity index is 1350. The van der Waals surface area contributed by atoms with E-state index in [0.29, 0.717) is 17.3 Å². The van der Waals surface area contributed by atoms with Gasteiger partial charge < -0.3 is 14.6 Å². The van der Waals surface area contributed by atoms with Crippen molar-refractivity contribution in [2.75, 3.05) is 5.32 Å². The monoisotopic (exact) mass is 468 g/mol. The highest BCUT2D eigenvalue weighted by molar-refractivity contribution is 6.20. The predicted octanol–water partition coefficient (Wildman–Crippen LogP) is 6.16. The highest BCUT2D eigenvalue weighted by atomic mass is 35.5. The molecule has 2 heterocycles. The number of rotatable bonds is 6. The molecule has 1 aliphatic rings. The first-order valence-corrected chi connectivity index (χ1v) is 10.7. The van der Waals surface area contributed by atoms with E-state index in [9.17, 15) is 13.6 Å². The molecule has 0 saturated heterocycles. The fourth-order valence-electron chi connectivity index (χ4n) is 3.80. The van der Waals surface area contributed by atoms with Crippen LogP contribution in [0.1, 0.15) is 34.8 Å². The zero-order valence-electron chi connectivity index (χ0n) is 17.6. The molecule has 2 aromatic heterocycles. The molecule has 1 fully saturated rings. The molecule has 0 unspecified atom stereocenters. The van der Waals surface area contributed by atoms with Crippen LogP contribution in [-0.2, 0) is 0 Å². The first kappa shape index (κ1) is 21.3. The number of pyridine rings is 1. The molecule has 0 aliphatic heterocycles. The number of fused-ring (bicyclic) bond motifs is 1. The highest BCUT2D eigenvalue weighted by Crippen LogP contribution is 2.40. The van der Waals surface area contributed by atoms with Crippen molar-refractivity contribution in [3.05, 3.63) is 72.3 Å². The number of anilines is 1. The fraction of sp³-hybridized carbons (Fsp3) is 0.208. The third-order valence-corrected chi connectivity index (χ3v) is 5.48. The lowest BCUT2D eigenvalue weighted by atomic mass is 10.0. The van der Waals surface area contributed by atoms with Crippen molar-refractivity contribution < 1.29 is 18.3 Å². The number of nitrogens with one attached hydrogen (secondary N) is 1. The molecule has 6 nitrogen and oxygen atoms in total. The lowest BCUT2D eigenvalue weighted by Gasteiger charge is -2.13. The van der Waals surface area contributed by atoms with Crippen LogP contribution in [0.2, 0.25) is 0 Å². The number of hydrogen-bond acceptors (Lipinski definition) is 4. The summed E-state index contributed by atoms with van der Waals surface area (Å²) in [5.41, 5.74) is 1.54. The van der Waals surface area contributed by atoms with Crippen molar-refractivity contribution in [2.45, 2.75) is 31.4 Å². The largest absolute Gasteiger partial charge is 0.487 e. The Morgan fingerprint density at radius 3 is 2.61 bits per heavy atom. The second-order valence-corrected chi connectivity index (χ2v) is 8.49. The average Bonchev–Trinajstić information content (AvgIpc) is 3.52. The molecule has 1 N–H and O–H groups in total. The van der Waals surface area contributed by atoms with E-state index in [1.165, 1.54) is 24.3 Å². The molecular weight excluding hydrogens is 450 g/mol. The number of ether oxygens (including phenoxy) is 1. The minimum atomic E-state index is -3.80. The number of aromatic nitrogens is 3. The molecule has 9 heteroatoms. The van der Waals surface area contributed by atoms with Crippen molar-refractivity contribution in [1.29, 1.82) is 0 Å². The maximum Gasteiger partial charge on any atom is 0.487 e. The Balaban J connectivity index is 1.49. The number of carbonyl (C=O) groups excluding carboxylic acids is 1. The van der Waals surface area contributed by atoms with Gasteiger partial charge in [-0.1, -0.05) is 0 Å². The summed E-state index contributed by atoms with van der Waals surface area (Å²) in [5, 5.41) is 2.78. The summed E-state index contributed by atoms with van der Waals surface area (Å²) in [7, 11) is 0. The number of amides is 1. The molecule has 0 radical (unpaired) electrons. The SMILES string of the molecule is Cc1cncc(-c2cc(C(=O)Nc3ccc(OC(F)(F)Cl)cc3)cc3ncn(C4CC4)c23)c1. The van der Waals surface area contributed by atoms with Crippen LogP contribution >= 0.6 is 11.6 Å². The molecular formula is C24H19ClF2N4O2. The number of alkyl halides is 3. The first-order valence-electron chi connectivity index (χ1n) is 10.4. The highest BCUT2D eigenvalue weighted by Gasteiger charge is 2.28. The van der Waals surface area contributed by atoms with Crippen LogP contribution in [0.5, 0.6) is 5.75 Å². The number of hydrogen-bond donors (Lipinski definition) is 1. The lowest BCUT2D eigenvalue weighted by molar-refractivity contribution is -0.0964. The van der Waals surface area contributed by atoms with E-state index in [1.54, 1.807) is 18.5 Å². The lowest BCUT2D eigenvalue weighted by Crippen LogP contribution is -2.16. The molecule has 0 spiro atoms.